The average Bonchev–Trinajstić information content (AvgIpc) is 3.26. The fourth-order valence-corrected chi connectivity index (χ4v) is 3.30. The molecular formula is C17H24F2N2. The van der Waals surface area contributed by atoms with E-state index in [-0.39, 0.29) is 0 Å². The molecule has 0 bridgehead atoms. The van der Waals surface area contributed by atoms with Crippen LogP contribution in [0.5, 0.6) is 0 Å². The number of rotatable bonds is 4. The fraction of sp³-hybridized carbons (Fsp3) is 0.647. The first-order chi connectivity index (χ1) is 10.0. The van der Waals surface area contributed by atoms with E-state index in [1.165, 1.54) is 18.9 Å². The van der Waals surface area contributed by atoms with Crippen molar-refractivity contribution in [1.29, 1.82) is 0 Å². The SMILES string of the molecule is CC(C)C1CN(Cc2ccc(F)cc2F)C(C2CC2)CN1. The molecule has 2 fully saturated rings. The molecule has 3 rings (SSSR count). The third-order valence-corrected chi connectivity index (χ3v) is 4.85. The van der Waals surface area contributed by atoms with Gasteiger partial charge in [-0.3, -0.25) is 4.90 Å². The van der Waals surface area contributed by atoms with E-state index < -0.39 is 11.6 Å². The van der Waals surface area contributed by atoms with E-state index in [0.717, 1.165) is 25.1 Å². The van der Waals surface area contributed by atoms with Crippen molar-refractivity contribution in [2.24, 2.45) is 11.8 Å². The molecule has 2 atom stereocenters. The maximum atomic E-state index is 13.9. The van der Waals surface area contributed by atoms with Crippen LogP contribution < -0.4 is 5.32 Å². The molecule has 116 valence electrons. The second kappa shape index (κ2) is 6.01. The number of hydrogen-bond acceptors (Lipinski definition) is 2. The van der Waals surface area contributed by atoms with Crippen LogP contribution in [0.1, 0.15) is 32.3 Å². The van der Waals surface area contributed by atoms with E-state index in [2.05, 4.69) is 24.1 Å². The van der Waals surface area contributed by atoms with Crippen molar-refractivity contribution in [1.82, 2.24) is 10.2 Å². The standard InChI is InChI=1S/C17H24F2N2/c1-11(2)16-10-21(17(8-20-16)12-3-4-12)9-13-5-6-14(18)7-15(13)19/h5-7,11-12,16-17,20H,3-4,8-10H2,1-2H3. The van der Waals surface area contributed by atoms with Crippen LogP contribution in [-0.4, -0.2) is 30.1 Å². The van der Waals surface area contributed by atoms with Gasteiger partial charge < -0.3 is 5.32 Å². The summed E-state index contributed by atoms with van der Waals surface area (Å²) in [5.41, 5.74) is 0.603. The number of halogens is 2. The molecule has 1 heterocycles. The zero-order chi connectivity index (χ0) is 15.0. The molecule has 4 heteroatoms. The van der Waals surface area contributed by atoms with E-state index in [0.29, 0.717) is 30.1 Å². The van der Waals surface area contributed by atoms with E-state index in [9.17, 15) is 8.78 Å². The minimum Gasteiger partial charge on any atom is -0.311 e. The van der Waals surface area contributed by atoms with Crippen LogP contribution in [0.3, 0.4) is 0 Å². The van der Waals surface area contributed by atoms with Crippen LogP contribution in [0.25, 0.3) is 0 Å². The maximum Gasteiger partial charge on any atom is 0.130 e. The molecule has 1 aromatic carbocycles. The first-order valence-electron chi connectivity index (χ1n) is 7.96. The van der Waals surface area contributed by atoms with Gasteiger partial charge in [0.05, 0.1) is 0 Å². The lowest BCUT2D eigenvalue weighted by molar-refractivity contribution is 0.0915. The van der Waals surface area contributed by atoms with Gasteiger partial charge in [-0.25, -0.2) is 8.78 Å². The van der Waals surface area contributed by atoms with Gasteiger partial charge >= 0.3 is 0 Å². The Morgan fingerprint density at radius 1 is 1.29 bits per heavy atom. The summed E-state index contributed by atoms with van der Waals surface area (Å²) >= 11 is 0. The summed E-state index contributed by atoms with van der Waals surface area (Å²) in [4.78, 5) is 2.40. The third-order valence-electron chi connectivity index (χ3n) is 4.85. The number of piperazine rings is 1. The van der Waals surface area contributed by atoms with Crippen molar-refractivity contribution >= 4 is 0 Å². The highest BCUT2D eigenvalue weighted by Crippen LogP contribution is 2.37. The highest BCUT2D eigenvalue weighted by atomic mass is 19.1. The van der Waals surface area contributed by atoms with Crippen LogP contribution in [0, 0.1) is 23.5 Å². The Labute approximate surface area is 125 Å². The van der Waals surface area contributed by atoms with Gasteiger partial charge in [-0.15, -0.1) is 0 Å². The Bertz CT molecular complexity index is 500. The lowest BCUT2D eigenvalue weighted by Crippen LogP contribution is -2.58. The van der Waals surface area contributed by atoms with Gasteiger partial charge in [-0.2, -0.15) is 0 Å². The van der Waals surface area contributed by atoms with Gasteiger partial charge in [0.2, 0.25) is 0 Å². The van der Waals surface area contributed by atoms with Crippen molar-refractivity contribution < 1.29 is 8.78 Å². The monoisotopic (exact) mass is 294 g/mol. The zero-order valence-electron chi connectivity index (χ0n) is 12.8. The molecular weight excluding hydrogens is 270 g/mol. The minimum atomic E-state index is -0.504. The normalized spacial score (nSPS) is 27.3. The molecule has 1 saturated heterocycles. The molecule has 1 aromatic rings. The topological polar surface area (TPSA) is 15.3 Å². The Balaban J connectivity index is 1.75. The predicted octanol–water partition coefficient (Wildman–Crippen LogP) is 3.17. The number of nitrogens with one attached hydrogen (secondary N) is 1. The van der Waals surface area contributed by atoms with Gasteiger partial charge in [-0.05, 0) is 30.7 Å². The summed E-state index contributed by atoms with van der Waals surface area (Å²) in [6.45, 7) is 6.93. The van der Waals surface area contributed by atoms with Crippen LogP contribution in [-0.2, 0) is 6.54 Å². The zero-order valence-corrected chi connectivity index (χ0v) is 12.8. The minimum absolute atomic E-state index is 0.427. The summed E-state index contributed by atoms with van der Waals surface area (Å²) < 4.78 is 27.0. The Kier molecular flexibility index (Phi) is 4.27. The van der Waals surface area contributed by atoms with Gasteiger partial charge in [0.25, 0.3) is 0 Å². The van der Waals surface area contributed by atoms with Gasteiger partial charge in [0.1, 0.15) is 11.6 Å². The van der Waals surface area contributed by atoms with Gasteiger partial charge in [0, 0.05) is 43.3 Å². The summed E-state index contributed by atoms with van der Waals surface area (Å²) in [7, 11) is 0. The molecule has 0 aromatic heterocycles. The smallest absolute Gasteiger partial charge is 0.130 e. The number of benzene rings is 1. The van der Waals surface area contributed by atoms with E-state index in [4.69, 9.17) is 0 Å². The molecule has 1 aliphatic heterocycles. The molecule has 2 nitrogen and oxygen atoms in total. The van der Waals surface area contributed by atoms with E-state index in [1.807, 2.05) is 0 Å². The van der Waals surface area contributed by atoms with Gasteiger partial charge in [0.15, 0.2) is 0 Å². The first-order valence-corrected chi connectivity index (χ1v) is 7.96. The van der Waals surface area contributed by atoms with Gasteiger partial charge in [-0.1, -0.05) is 19.9 Å². The van der Waals surface area contributed by atoms with Crippen LogP contribution in [0.2, 0.25) is 0 Å². The van der Waals surface area contributed by atoms with Crippen molar-refractivity contribution in [3.63, 3.8) is 0 Å². The summed E-state index contributed by atoms with van der Waals surface area (Å²) in [5.74, 6) is 0.374. The average molecular weight is 294 g/mol. The second-order valence-corrected chi connectivity index (χ2v) is 6.83. The highest BCUT2D eigenvalue weighted by Gasteiger charge is 2.39. The van der Waals surface area contributed by atoms with E-state index in [1.54, 1.807) is 6.07 Å². The molecule has 1 saturated carbocycles. The first kappa shape index (κ1) is 14.9. The third kappa shape index (κ3) is 3.43. The molecule has 2 unspecified atom stereocenters. The fourth-order valence-electron chi connectivity index (χ4n) is 3.30. The number of hydrogen-bond donors (Lipinski definition) is 1. The molecule has 0 radical (unpaired) electrons. The van der Waals surface area contributed by atoms with Crippen molar-refractivity contribution in [3.8, 4) is 0 Å². The predicted molar refractivity (Wildman–Crippen MR) is 79.9 cm³/mol. The summed E-state index contributed by atoms with van der Waals surface area (Å²) in [5, 5.41) is 3.63. The Morgan fingerprint density at radius 3 is 2.67 bits per heavy atom. The molecule has 21 heavy (non-hydrogen) atoms. The molecule has 0 amide bonds. The van der Waals surface area contributed by atoms with Crippen molar-refractivity contribution in [3.05, 3.63) is 35.4 Å². The summed E-state index contributed by atoms with van der Waals surface area (Å²) in [6.07, 6.45) is 2.56. The lowest BCUT2D eigenvalue weighted by Gasteiger charge is -2.42. The van der Waals surface area contributed by atoms with Crippen LogP contribution in [0.4, 0.5) is 8.78 Å². The Hall–Kier alpha value is -1.00. The Morgan fingerprint density at radius 2 is 2.05 bits per heavy atom. The van der Waals surface area contributed by atoms with Crippen molar-refractivity contribution in [2.75, 3.05) is 13.1 Å². The number of nitrogens with zero attached hydrogens (tertiary/aromatic N) is 1. The van der Waals surface area contributed by atoms with Crippen LogP contribution in [0.15, 0.2) is 18.2 Å². The quantitative estimate of drug-likeness (QED) is 0.917. The molecule has 1 N–H and O–H groups in total. The van der Waals surface area contributed by atoms with E-state index >= 15 is 0 Å². The highest BCUT2D eigenvalue weighted by molar-refractivity contribution is 5.19. The van der Waals surface area contributed by atoms with Crippen molar-refractivity contribution in [2.45, 2.75) is 45.3 Å². The van der Waals surface area contributed by atoms with Crippen LogP contribution >= 0.6 is 0 Å². The largest absolute Gasteiger partial charge is 0.311 e. The molecule has 2 aliphatic rings. The second-order valence-electron chi connectivity index (χ2n) is 6.83. The maximum absolute atomic E-state index is 13.9. The summed E-state index contributed by atoms with van der Waals surface area (Å²) in [6, 6.07) is 4.87. The molecule has 1 aliphatic carbocycles. The molecule has 0 spiro atoms. The lowest BCUT2D eigenvalue weighted by atomic mass is 9.97.